The van der Waals surface area contributed by atoms with Crippen LogP contribution >= 0.6 is 0 Å². The number of rotatable bonds is 15. The van der Waals surface area contributed by atoms with E-state index in [1.807, 2.05) is 88.9 Å². The first kappa shape index (κ1) is 33.8. The van der Waals surface area contributed by atoms with E-state index in [9.17, 15) is 27.0 Å². The van der Waals surface area contributed by atoms with Crippen LogP contribution in [0.3, 0.4) is 0 Å². The van der Waals surface area contributed by atoms with E-state index in [1.54, 1.807) is 0 Å². The number of allylic oxidation sites excluding steroid dienone is 2. The zero-order valence-electron chi connectivity index (χ0n) is 23.5. The maximum absolute atomic E-state index is 11.1. The molecule has 222 valence electrons. The topological polar surface area (TPSA) is 149 Å². The van der Waals surface area contributed by atoms with Crippen molar-refractivity contribution in [1.82, 2.24) is 0 Å². The molecule has 0 bridgehead atoms. The third-order valence-electron chi connectivity index (χ3n) is 6.27. The minimum Gasteiger partial charge on any atom is -0.386 e. The smallest absolute Gasteiger partial charge is 0.267 e. The van der Waals surface area contributed by atoms with E-state index in [-0.39, 0.29) is 13.1 Å². The second kappa shape index (κ2) is 13.5. The fraction of sp³-hybridized carbons (Fsp3) is 0.429. The Morgan fingerprint density at radius 2 is 1.27 bits per heavy atom. The van der Waals surface area contributed by atoms with Crippen molar-refractivity contribution in [3.8, 4) is 0 Å². The van der Waals surface area contributed by atoms with Crippen LogP contribution in [0.5, 0.6) is 0 Å². The molecule has 4 N–H and O–H groups in total. The summed E-state index contributed by atoms with van der Waals surface area (Å²) in [5, 5.41) is 20.1. The van der Waals surface area contributed by atoms with Crippen molar-refractivity contribution in [2.75, 3.05) is 52.8 Å². The fourth-order valence-corrected chi connectivity index (χ4v) is 5.95. The van der Waals surface area contributed by atoms with Crippen molar-refractivity contribution in [3.63, 3.8) is 0 Å². The molecule has 0 saturated carbocycles. The fourth-order valence-electron chi connectivity index (χ4n) is 4.77. The lowest BCUT2D eigenvalue weighted by molar-refractivity contribution is -0.906. The van der Waals surface area contributed by atoms with Crippen molar-refractivity contribution in [3.05, 3.63) is 83.4 Å². The average molecular weight is 599 g/mol. The van der Waals surface area contributed by atoms with Gasteiger partial charge in [0.2, 0.25) is 0 Å². The van der Waals surface area contributed by atoms with E-state index in [0.717, 1.165) is 27.8 Å². The molecule has 0 saturated heterocycles. The third kappa shape index (κ3) is 12.8. The van der Waals surface area contributed by atoms with Crippen LogP contribution in [0.25, 0.3) is 11.6 Å². The van der Waals surface area contributed by atoms with Gasteiger partial charge in [0.1, 0.15) is 49.9 Å². The molecule has 12 heteroatoms. The van der Waals surface area contributed by atoms with E-state index in [1.165, 1.54) is 0 Å². The van der Waals surface area contributed by atoms with E-state index in [2.05, 4.69) is 6.58 Å². The Labute approximate surface area is 238 Å². The van der Waals surface area contributed by atoms with Crippen molar-refractivity contribution >= 4 is 31.9 Å². The summed E-state index contributed by atoms with van der Waals surface area (Å²) in [5.41, 5.74) is 4.65. The van der Waals surface area contributed by atoms with Gasteiger partial charge >= 0.3 is 0 Å². The van der Waals surface area contributed by atoms with Gasteiger partial charge < -0.3 is 19.2 Å². The molecule has 0 aromatic heterocycles. The molecular formula is C28H42N2O8S2+2. The molecule has 40 heavy (non-hydrogen) atoms. The first-order chi connectivity index (χ1) is 18.2. The summed E-state index contributed by atoms with van der Waals surface area (Å²) >= 11 is 0. The van der Waals surface area contributed by atoms with Gasteiger partial charge in [-0.05, 0) is 16.7 Å². The SMILES string of the molecule is C=C(/C=C/c1ccccc1C[N+](C)(C)CC(O)CS(=O)(=O)O)c1ccc(C[N+](C)(C)CC(O)CS(=O)(=O)O)cc1. The molecule has 0 fully saturated rings. The van der Waals surface area contributed by atoms with Crippen molar-refractivity contribution in [2.45, 2.75) is 25.3 Å². The van der Waals surface area contributed by atoms with Gasteiger partial charge in [-0.2, -0.15) is 16.8 Å². The maximum Gasteiger partial charge on any atom is 0.267 e. The first-order valence-corrected chi connectivity index (χ1v) is 15.9. The highest BCUT2D eigenvalue weighted by molar-refractivity contribution is 7.86. The van der Waals surface area contributed by atoms with Crippen molar-refractivity contribution in [2.24, 2.45) is 0 Å². The van der Waals surface area contributed by atoms with Gasteiger partial charge in [-0.3, -0.25) is 9.11 Å². The van der Waals surface area contributed by atoms with Crippen LogP contribution in [0.4, 0.5) is 0 Å². The van der Waals surface area contributed by atoms with Gasteiger partial charge in [-0.15, -0.1) is 0 Å². The summed E-state index contributed by atoms with van der Waals surface area (Å²) in [4.78, 5) is 0. The number of benzene rings is 2. The second-order valence-corrected chi connectivity index (χ2v) is 14.6. The lowest BCUT2D eigenvalue weighted by atomic mass is 10.0. The van der Waals surface area contributed by atoms with E-state index in [0.29, 0.717) is 22.1 Å². The van der Waals surface area contributed by atoms with Gasteiger partial charge in [0, 0.05) is 11.1 Å². The number of aliphatic hydroxyl groups excluding tert-OH is 2. The number of quaternary nitrogens is 2. The van der Waals surface area contributed by atoms with Crippen molar-refractivity contribution in [1.29, 1.82) is 0 Å². The van der Waals surface area contributed by atoms with Crippen LogP contribution in [-0.2, 0) is 33.3 Å². The largest absolute Gasteiger partial charge is 0.386 e. The molecular weight excluding hydrogens is 556 g/mol. The molecule has 10 nitrogen and oxygen atoms in total. The molecule has 0 heterocycles. The summed E-state index contributed by atoms with van der Waals surface area (Å²) in [7, 11) is -1.01. The third-order valence-corrected chi connectivity index (χ3v) is 7.88. The molecule has 2 aromatic carbocycles. The molecule has 0 aliphatic carbocycles. The number of hydrogen-bond donors (Lipinski definition) is 4. The summed E-state index contributed by atoms with van der Waals surface area (Å²) in [6.45, 7) is 5.55. The number of aliphatic hydroxyl groups is 2. The summed E-state index contributed by atoms with van der Waals surface area (Å²) in [6.07, 6.45) is 1.49. The van der Waals surface area contributed by atoms with Gasteiger partial charge in [0.15, 0.2) is 0 Å². The average Bonchev–Trinajstić information content (AvgIpc) is 2.74. The zero-order chi connectivity index (χ0) is 30.4. The zero-order valence-corrected chi connectivity index (χ0v) is 25.1. The Morgan fingerprint density at radius 1 is 0.800 bits per heavy atom. The normalized spacial score (nSPS) is 14.8. The monoisotopic (exact) mass is 598 g/mol. The molecule has 0 aliphatic heterocycles. The number of nitrogens with zero attached hydrogens (tertiary/aromatic N) is 2. The van der Waals surface area contributed by atoms with Gasteiger partial charge in [-0.1, -0.05) is 67.3 Å². The van der Waals surface area contributed by atoms with Crippen LogP contribution in [0.1, 0.15) is 22.3 Å². The number of likely N-dealkylation sites (N-methyl/N-ethyl adjacent to an activating group) is 2. The molecule has 0 aliphatic rings. The molecule has 0 radical (unpaired) electrons. The summed E-state index contributed by atoms with van der Waals surface area (Å²) < 4.78 is 62.9. The minimum atomic E-state index is -4.26. The number of hydrogen-bond acceptors (Lipinski definition) is 6. The van der Waals surface area contributed by atoms with Crippen LogP contribution in [-0.4, -0.2) is 110 Å². The van der Waals surface area contributed by atoms with E-state index < -0.39 is 43.9 Å². The van der Waals surface area contributed by atoms with Crippen molar-refractivity contribution < 1.29 is 45.1 Å². The van der Waals surface area contributed by atoms with Gasteiger partial charge in [0.25, 0.3) is 20.2 Å². The van der Waals surface area contributed by atoms with E-state index >= 15 is 0 Å². The lowest BCUT2D eigenvalue weighted by Gasteiger charge is -2.32. The van der Waals surface area contributed by atoms with E-state index in [4.69, 9.17) is 9.11 Å². The predicted molar refractivity (Wildman–Crippen MR) is 157 cm³/mol. The molecule has 2 rings (SSSR count). The highest BCUT2D eigenvalue weighted by Gasteiger charge is 2.26. The Bertz CT molecular complexity index is 1400. The molecule has 0 spiro atoms. The maximum atomic E-state index is 11.1. The molecule has 0 amide bonds. The molecule has 2 unspecified atom stereocenters. The van der Waals surface area contributed by atoms with Crippen LogP contribution in [0.15, 0.2) is 61.2 Å². The van der Waals surface area contributed by atoms with Gasteiger partial charge in [-0.25, -0.2) is 0 Å². The van der Waals surface area contributed by atoms with Crippen LogP contribution in [0, 0.1) is 0 Å². The Hall–Kier alpha value is -2.42. The predicted octanol–water partition coefficient (Wildman–Crippen LogP) is 2.06. The molecule has 2 atom stereocenters. The second-order valence-electron chi connectivity index (χ2n) is 11.6. The summed E-state index contributed by atoms with van der Waals surface area (Å²) in [5.74, 6) is -1.41. The minimum absolute atomic E-state index is 0.145. The molecule has 2 aromatic rings. The Morgan fingerprint density at radius 3 is 1.77 bits per heavy atom. The highest BCUT2D eigenvalue weighted by atomic mass is 32.2. The Kier molecular flexibility index (Phi) is 11.4. The van der Waals surface area contributed by atoms with Gasteiger partial charge in [0.05, 0.1) is 28.2 Å². The van der Waals surface area contributed by atoms with Crippen LogP contribution in [0.2, 0.25) is 0 Å². The standard InChI is InChI=1S/C28H40N2O8S2/c1-22(24-14-11-23(12-15-24)16-29(2,3)18-27(31)20-39(33,34)35)10-13-25-8-6-7-9-26(25)17-30(4,5)19-28(32)21-40(36,37)38/h6-15,27-28,31-32H,1,16-21H2,2-5H3/p+2/b13-10+. The quantitative estimate of drug-likeness (QED) is 0.138. The lowest BCUT2D eigenvalue weighted by Crippen LogP contribution is -2.46. The highest BCUT2D eigenvalue weighted by Crippen LogP contribution is 2.21. The summed E-state index contributed by atoms with van der Waals surface area (Å²) in [6, 6.07) is 15.6. The van der Waals surface area contributed by atoms with Crippen LogP contribution < -0.4 is 0 Å². The first-order valence-electron chi connectivity index (χ1n) is 12.7. The Balaban J connectivity index is 2.06.